The van der Waals surface area contributed by atoms with Crippen LogP contribution in [-0.4, -0.2) is 9.97 Å². The third-order valence-electron chi connectivity index (χ3n) is 2.66. The molecule has 1 aliphatic carbocycles. The topological polar surface area (TPSA) is 45.8 Å². The second-order valence-electron chi connectivity index (χ2n) is 3.76. The van der Waals surface area contributed by atoms with E-state index in [-0.39, 0.29) is 5.56 Å². The first kappa shape index (κ1) is 7.74. The predicted molar refractivity (Wildman–Crippen MR) is 54.3 cm³/mol. The molecule has 0 unspecified atom stereocenters. The molecule has 2 heterocycles. The number of nitrogens with zero attached hydrogens (tertiary/aromatic N) is 1. The summed E-state index contributed by atoms with van der Waals surface area (Å²) in [5, 5.41) is 0. The highest BCUT2D eigenvalue weighted by Gasteiger charge is 2.26. The quantitative estimate of drug-likeness (QED) is 0.738. The highest BCUT2D eigenvalue weighted by atomic mass is 16.1. The van der Waals surface area contributed by atoms with Crippen molar-refractivity contribution in [2.24, 2.45) is 0 Å². The summed E-state index contributed by atoms with van der Waals surface area (Å²) in [5.74, 6) is 0.477. The first-order valence-corrected chi connectivity index (χ1v) is 4.82. The van der Waals surface area contributed by atoms with Gasteiger partial charge < -0.3 is 4.98 Å². The predicted octanol–water partition coefficient (Wildman–Crippen LogP) is 1.80. The lowest BCUT2D eigenvalue weighted by Gasteiger charge is -1.99. The molecule has 0 bridgehead atoms. The maximum Gasteiger partial charge on any atom is 0.252 e. The Bertz CT molecular complexity index is 540. The fourth-order valence-electron chi connectivity index (χ4n) is 1.74. The minimum absolute atomic E-state index is 0.0491. The Balaban J connectivity index is 2.32. The molecule has 1 saturated carbocycles. The Morgan fingerprint density at radius 3 is 3.07 bits per heavy atom. The average Bonchev–Trinajstić information content (AvgIpc) is 3.00. The van der Waals surface area contributed by atoms with E-state index in [4.69, 9.17) is 0 Å². The van der Waals surface area contributed by atoms with E-state index in [2.05, 4.69) is 9.97 Å². The van der Waals surface area contributed by atoms with Crippen LogP contribution in [0, 0.1) is 0 Å². The molecule has 1 N–H and O–H groups in total. The van der Waals surface area contributed by atoms with Gasteiger partial charge in [-0.25, -0.2) is 0 Å². The molecule has 0 aromatic carbocycles. The van der Waals surface area contributed by atoms with Crippen LogP contribution in [0.1, 0.15) is 24.3 Å². The summed E-state index contributed by atoms with van der Waals surface area (Å²) in [5.41, 5.74) is 2.65. The summed E-state index contributed by atoms with van der Waals surface area (Å²) in [7, 11) is 0. The molecule has 2 aromatic heterocycles. The number of aromatic nitrogens is 2. The molecule has 0 amide bonds. The van der Waals surface area contributed by atoms with Gasteiger partial charge in [-0.1, -0.05) is 0 Å². The molecule has 3 heteroatoms. The smallest absolute Gasteiger partial charge is 0.252 e. The third kappa shape index (κ3) is 1.13. The van der Waals surface area contributed by atoms with Crippen LogP contribution in [0.5, 0.6) is 0 Å². The van der Waals surface area contributed by atoms with E-state index >= 15 is 0 Å². The second kappa shape index (κ2) is 2.67. The first-order valence-electron chi connectivity index (χ1n) is 4.82. The highest BCUT2D eigenvalue weighted by molar-refractivity contribution is 5.74. The van der Waals surface area contributed by atoms with Gasteiger partial charge in [0.25, 0.3) is 5.56 Å². The molecular weight excluding hydrogens is 176 g/mol. The van der Waals surface area contributed by atoms with Gasteiger partial charge in [0, 0.05) is 11.8 Å². The summed E-state index contributed by atoms with van der Waals surface area (Å²) in [6.45, 7) is 0. The van der Waals surface area contributed by atoms with E-state index in [1.54, 1.807) is 6.20 Å². The number of H-pyrrole nitrogens is 1. The molecule has 70 valence electrons. The highest BCUT2D eigenvalue weighted by Crippen LogP contribution is 2.38. The monoisotopic (exact) mass is 186 g/mol. The Morgan fingerprint density at radius 2 is 2.29 bits per heavy atom. The van der Waals surface area contributed by atoms with Crippen LogP contribution >= 0.6 is 0 Å². The van der Waals surface area contributed by atoms with E-state index in [0.717, 1.165) is 29.4 Å². The standard InChI is InChI=1S/C11H10N2O/c14-11-8(7-3-4-7)6-10-9(13-11)2-1-5-12-10/h1-2,5-7H,3-4H2,(H,13,14). The maximum absolute atomic E-state index is 11.6. The molecule has 2 aromatic rings. The van der Waals surface area contributed by atoms with E-state index in [1.807, 2.05) is 18.2 Å². The molecule has 0 atom stereocenters. The van der Waals surface area contributed by atoms with Crippen molar-refractivity contribution in [2.75, 3.05) is 0 Å². The summed E-state index contributed by atoms with van der Waals surface area (Å²) in [6, 6.07) is 5.63. The van der Waals surface area contributed by atoms with Crippen molar-refractivity contribution >= 4 is 11.0 Å². The van der Waals surface area contributed by atoms with E-state index in [0.29, 0.717) is 5.92 Å². The lowest BCUT2D eigenvalue weighted by Crippen LogP contribution is -2.11. The van der Waals surface area contributed by atoms with Crippen molar-refractivity contribution in [2.45, 2.75) is 18.8 Å². The molecule has 3 rings (SSSR count). The fraction of sp³-hybridized carbons (Fsp3) is 0.273. The molecule has 0 spiro atoms. The molecule has 14 heavy (non-hydrogen) atoms. The third-order valence-corrected chi connectivity index (χ3v) is 2.66. The molecule has 1 fully saturated rings. The van der Waals surface area contributed by atoms with Crippen molar-refractivity contribution in [3.63, 3.8) is 0 Å². The van der Waals surface area contributed by atoms with Crippen molar-refractivity contribution in [3.05, 3.63) is 40.3 Å². The summed E-state index contributed by atoms with van der Waals surface area (Å²) in [6.07, 6.45) is 4.03. The van der Waals surface area contributed by atoms with Gasteiger partial charge in [-0.15, -0.1) is 0 Å². The lowest BCUT2D eigenvalue weighted by atomic mass is 10.1. The summed E-state index contributed by atoms with van der Waals surface area (Å²) >= 11 is 0. The van der Waals surface area contributed by atoms with Gasteiger partial charge in [0.1, 0.15) is 0 Å². The normalized spacial score (nSPS) is 16.0. The zero-order chi connectivity index (χ0) is 9.54. The van der Waals surface area contributed by atoms with Crippen LogP contribution in [0.15, 0.2) is 29.2 Å². The summed E-state index contributed by atoms with van der Waals surface area (Å²) < 4.78 is 0. The second-order valence-corrected chi connectivity index (χ2v) is 3.76. The van der Waals surface area contributed by atoms with Crippen LogP contribution in [0.4, 0.5) is 0 Å². The van der Waals surface area contributed by atoms with Crippen LogP contribution < -0.4 is 5.56 Å². The summed E-state index contributed by atoms with van der Waals surface area (Å²) in [4.78, 5) is 18.7. The number of nitrogens with one attached hydrogen (secondary N) is 1. The Morgan fingerprint density at radius 1 is 1.43 bits per heavy atom. The Hall–Kier alpha value is -1.64. The van der Waals surface area contributed by atoms with Gasteiger partial charge in [0.2, 0.25) is 0 Å². The average molecular weight is 186 g/mol. The lowest BCUT2D eigenvalue weighted by molar-refractivity contribution is 1.06. The minimum Gasteiger partial charge on any atom is -0.320 e. The van der Waals surface area contributed by atoms with Crippen molar-refractivity contribution < 1.29 is 0 Å². The number of hydrogen-bond acceptors (Lipinski definition) is 2. The van der Waals surface area contributed by atoms with Gasteiger partial charge in [-0.05, 0) is 37.0 Å². The fourth-order valence-corrected chi connectivity index (χ4v) is 1.74. The Kier molecular flexibility index (Phi) is 1.48. The van der Waals surface area contributed by atoms with Crippen LogP contribution in [-0.2, 0) is 0 Å². The SMILES string of the molecule is O=c1[nH]c2cccnc2cc1C1CC1. The maximum atomic E-state index is 11.6. The van der Waals surface area contributed by atoms with Gasteiger partial charge in [-0.3, -0.25) is 9.78 Å². The molecular formula is C11H10N2O. The number of aromatic amines is 1. The number of rotatable bonds is 1. The minimum atomic E-state index is 0.0491. The van der Waals surface area contributed by atoms with Crippen molar-refractivity contribution in [1.82, 2.24) is 9.97 Å². The largest absolute Gasteiger partial charge is 0.320 e. The molecule has 0 aliphatic heterocycles. The van der Waals surface area contributed by atoms with Crippen molar-refractivity contribution in [1.29, 1.82) is 0 Å². The van der Waals surface area contributed by atoms with Gasteiger partial charge >= 0.3 is 0 Å². The number of fused-ring (bicyclic) bond motifs is 1. The molecule has 1 aliphatic rings. The number of pyridine rings is 2. The van der Waals surface area contributed by atoms with E-state index in [9.17, 15) is 4.79 Å². The van der Waals surface area contributed by atoms with Crippen LogP contribution in [0.2, 0.25) is 0 Å². The van der Waals surface area contributed by atoms with Crippen molar-refractivity contribution in [3.8, 4) is 0 Å². The zero-order valence-electron chi connectivity index (χ0n) is 7.66. The van der Waals surface area contributed by atoms with Gasteiger partial charge in [0.05, 0.1) is 11.0 Å². The number of hydrogen-bond donors (Lipinski definition) is 1. The molecule has 3 nitrogen and oxygen atoms in total. The van der Waals surface area contributed by atoms with Crippen LogP contribution in [0.25, 0.3) is 11.0 Å². The Labute approximate surface area is 80.8 Å². The van der Waals surface area contributed by atoms with Gasteiger partial charge in [0.15, 0.2) is 0 Å². The van der Waals surface area contributed by atoms with E-state index in [1.165, 1.54) is 0 Å². The van der Waals surface area contributed by atoms with E-state index < -0.39 is 0 Å². The van der Waals surface area contributed by atoms with Gasteiger partial charge in [-0.2, -0.15) is 0 Å². The zero-order valence-corrected chi connectivity index (χ0v) is 7.66. The molecule has 0 saturated heterocycles. The molecule has 0 radical (unpaired) electrons. The van der Waals surface area contributed by atoms with Crippen LogP contribution in [0.3, 0.4) is 0 Å². The first-order chi connectivity index (χ1) is 6.84.